The Bertz CT molecular complexity index is 1280. The van der Waals surface area contributed by atoms with Crippen molar-refractivity contribution in [1.29, 1.82) is 0 Å². The quantitative estimate of drug-likeness (QED) is 0.456. The smallest absolute Gasteiger partial charge is 0.411 e. The number of aliphatic hydroxyl groups is 1. The maximum atomic E-state index is 13.3. The fourth-order valence-electron chi connectivity index (χ4n) is 5.20. The first-order chi connectivity index (χ1) is 17.0. The van der Waals surface area contributed by atoms with Crippen molar-refractivity contribution >= 4 is 6.09 Å². The molecule has 6 heteroatoms. The van der Waals surface area contributed by atoms with E-state index >= 15 is 0 Å². The molecule has 1 N–H and O–H groups in total. The zero-order valence-corrected chi connectivity index (χ0v) is 21.8. The number of hydrogen-bond donors (Lipinski definition) is 1. The number of nitrogens with zero attached hydrogens (tertiary/aromatic N) is 2. The number of aryl methyl sites for hydroxylation is 2. The topological polar surface area (TPSA) is 71.8 Å². The van der Waals surface area contributed by atoms with E-state index < -0.39 is 11.2 Å². The molecule has 1 aromatic heterocycles. The Morgan fingerprint density at radius 3 is 2.31 bits per heavy atom. The number of rotatable bonds is 7. The molecule has 1 aliphatic rings. The minimum absolute atomic E-state index is 0.0336. The molecule has 2 aromatic carbocycles. The van der Waals surface area contributed by atoms with Crippen LogP contribution in [-0.2, 0) is 16.9 Å². The normalized spacial score (nSPS) is 19.2. The van der Waals surface area contributed by atoms with Crippen molar-refractivity contribution in [3.63, 3.8) is 0 Å². The van der Waals surface area contributed by atoms with Gasteiger partial charge in [-0.15, -0.1) is 0 Å². The third-order valence-electron chi connectivity index (χ3n) is 7.09. The van der Waals surface area contributed by atoms with Crippen LogP contribution >= 0.6 is 0 Å². The summed E-state index contributed by atoms with van der Waals surface area (Å²) < 4.78 is 7.85. The minimum atomic E-state index is -0.988. The molecular weight excluding hydrogens is 452 g/mol. The van der Waals surface area contributed by atoms with Crippen LogP contribution in [0.25, 0.3) is 11.1 Å². The van der Waals surface area contributed by atoms with Gasteiger partial charge in [0.2, 0.25) is 0 Å². The Labute approximate surface area is 213 Å². The predicted octanol–water partition coefficient (Wildman–Crippen LogP) is 5.80. The van der Waals surface area contributed by atoms with Gasteiger partial charge >= 0.3 is 6.09 Å². The highest BCUT2D eigenvalue weighted by Gasteiger charge is 2.46. The van der Waals surface area contributed by atoms with Crippen molar-refractivity contribution in [1.82, 2.24) is 9.47 Å². The predicted molar refractivity (Wildman–Crippen MR) is 142 cm³/mol. The number of carbonyl (C=O) groups excluding carboxylic acids is 1. The molecule has 0 spiro atoms. The van der Waals surface area contributed by atoms with E-state index in [2.05, 4.69) is 0 Å². The average Bonchev–Trinajstić information content (AvgIpc) is 2.85. The molecule has 0 radical (unpaired) electrons. The third-order valence-corrected chi connectivity index (χ3v) is 7.09. The SMILES string of the molecule is CCn1cc(-c2ccc([C@H](C)N3CCC(CC(C)(C)O)(c4ccccc4)OC3=O)cc2)cc(C)c1=O. The van der Waals surface area contributed by atoms with Crippen molar-refractivity contribution in [2.75, 3.05) is 6.54 Å². The lowest BCUT2D eigenvalue weighted by atomic mass is 9.80. The number of ether oxygens (including phenoxy) is 1. The Kier molecular flexibility index (Phi) is 7.10. The van der Waals surface area contributed by atoms with E-state index in [0.717, 1.165) is 27.8 Å². The standard InChI is InChI=1S/C30H36N2O4/c1-6-31-19-25(18-21(2)27(31)33)24-14-12-23(13-15-24)22(3)32-17-16-30(36-28(32)34,20-29(4,5)35)26-10-8-7-9-11-26/h7-15,18-19,22,35H,6,16-17,20H2,1-5H3/t22-,30?/m0/s1. The van der Waals surface area contributed by atoms with E-state index in [1.54, 1.807) is 23.3 Å². The van der Waals surface area contributed by atoms with Crippen LogP contribution in [0, 0.1) is 6.92 Å². The molecule has 2 heterocycles. The van der Waals surface area contributed by atoms with E-state index in [9.17, 15) is 14.7 Å². The van der Waals surface area contributed by atoms with Crippen molar-refractivity contribution in [2.24, 2.45) is 0 Å². The minimum Gasteiger partial charge on any atom is -0.438 e. The van der Waals surface area contributed by atoms with Crippen LogP contribution in [0.3, 0.4) is 0 Å². The number of benzene rings is 2. The molecule has 36 heavy (non-hydrogen) atoms. The maximum Gasteiger partial charge on any atom is 0.411 e. The van der Waals surface area contributed by atoms with Crippen LogP contribution in [-0.4, -0.2) is 32.8 Å². The summed E-state index contributed by atoms with van der Waals surface area (Å²) in [7, 11) is 0. The molecule has 0 bridgehead atoms. The number of carbonyl (C=O) groups is 1. The van der Waals surface area contributed by atoms with Crippen LogP contribution in [0.5, 0.6) is 0 Å². The van der Waals surface area contributed by atoms with Crippen LogP contribution in [0.2, 0.25) is 0 Å². The second-order valence-corrected chi connectivity index (χ2v) is 10.5. The fraction of sp³-hybridized carbons (Fsp3) is 0.400. The second-order valence-electron chi connectivity index (χ2n) is 10.5. The summed E-state index contributed by atoms with van der Waals surface area (Å²) in [6.07, 6.45) is 2.43. The molecule has 2 atom stereocenters. The van der Waals surface area contributed by atoms with Crippen molar-refractivity contribution in [2.45, 2.75) is 71.2 Å². The van der Waals surface area contributed by atoms with Crippen LogP contribution in [0.15, 0.2) is 71.7 Å². The molecule has 0 saturated carbocycles. The van der Waals surface area contributed by atoms with E-state index in [0.29, 0.717) is 25.9 Å². The Hall–Kier alpha value is -3.38. The molecular formula is C30H36N2O4. The second kappa shape index (κ2) is 9.94. The summed E-state index contributed by atoms with van der Waals surface area (Å²) in [6.45, 7) is 10.4. The molecule has 1 aliphatic heterocycles. The van der Waals surface area contributed by atoms with Gasteiger partial charge in [0.15, 0.2) is 0 Å². The van der Waals surface area contributed by atoms with E-state index in [1.165, 1.54) is 0 Å². The molecule has 1 saturated heterocycles. The molecule has 6 nitrogen and oxygen atoms in total. The maximum absolute atomic E-state index is 13.3. The molecule has 1 fully saturated rings. The zero-order valence-electron chi connectivity index (χ0n) is 21.8. The first-order valence-corrected chi connectivity index (χ1v) is 12.6. The summed E-state index contributed by atoms with van der Waals surface area (Å²) in [6, 6.07) is 19.6. The Balaban J connectivity index is 1.55. The number of pyridine rings is 1. The van der Waals surface area contributed by atoms with Crippen molar-refractivity contribution in [3.05, 3.63) is 93.9 Å². The van der Waals surface area contributed by atoms with E-state index in [1.807, 2.05) is 87.6 Å². The summed E-state index contributed by atoms with van der Waals surface area (Å²) in [5, 5.41) is 10.6. The highest BCUT2D eigenvalue weighted by atomic mass is 16.6. The lowest BCUT2D eigenvalue weighted by Crippen LogP contribution is -2.51. The monoisotopic (exact) mass is 488 g/mol. The van der Waals surface area contributed by atoms with E-state index in [4.69, 9.17) is 4.74 Å². The first kappa shape index (κ1) is 25.7. The van der Waals surface area contributed by atoms with Crippen molar-refractivity contribution < 1.29 is 14.6 Å². The van der Waals surface area contributed by atoms with Gasteiger partial charge in [-0.2, -0.15) is 0 Å². The molecule has 4 rings (SSSR count). The summed E-state index contributed by atoms with van der Waals surface area (Å²) in [4.78, 5) is 27.3. The highest BCUT2D eigenvalue weighted by Crippen LogP contribution is 2.42. The van der Waals surface area contributed by atoms with Gasteiger partial charge < -0.3 is 19.3 Å². The van der Waals surface area contributed by atoms with Gasteiger partial charge in [0.05, 0.1) is 11.6 Å². The van der Waals surface area contributed by atoms with Gasteiger partial charge in [0.25, 0.3) is 5.56 Å². The fourth-order valence-corrected chi connectivity index (χ4v) is 5.20. The average molecular weight is 489 g/mol. The molecule has 1 unspecified atom stereocenters. The molecule has 190 valence electrons. The van der Waals surface area contributed by atoms with E-state index in [-0.39, 0.29) is 17.7 Å². The number of aromatic nitrogens is 1. The lowest BCUT2D eigenvalue weighted by Gasteiger charge is -2.45. The van der Waals surface area contributed by atoms with Gasteiger partial charge in [-0.05, 0) is 62.9 Å². The van der Waals surface area contributed by atoms with Crippen molar-refractivity contribution in [3.8, 4) is 11.1 Å². The van der Waals surface area contributed by atoms with Crippen LogP contribution in [0.4, 0.5) is 4.79 Å². The Morgan fingerprint density at radius 2 is 1.72 bits per heavy atom. The van der Waals surface area contributed by atoms with Gasteiger partial charge in [-0.1, -0.05) is 54.6 Å². The van der Waals surface area contributed by atoms with Gasteiger partial charge in [0.1, 0.15) is 5.60 Å². The van der Waals surface area contributed by atoms with Crippen LogP contribution < -0.4 is 5.56 Å². The molecule has 0 aliphatic carbocycles. The van der Waals surface area contributed by atoms with Gasteiger partial charge in [-0.3, -0.25) is 4.79 Å². The number of cyclic esters (lactones) is 1. The highest BCUT2D eigenvalue weighted by molar-refractivity contribution is 5.70. The summed E-state index contributed by atoms with van der Waals surface area (Å²) in [5.41, 5.74) is 2.82. The first-order valence-electron chi connectivity index (χ1n) is 12.6. The lowest BCUT2D eigenvalue weighted by molar-refractivity contribution is -0.101. The summed E-state index contributed by atoms with van der Waals surface area (Å²) >= 11 is 0. The molecule has 1 amide bonds. The number of hydrogen-bond acceptors (Lipinski definition) is 4. The largest absolute Gasteiger partial charge is 0.438 e. The van der Waals surface area contributed by atoms with Crippen LogP contribution in [0.1, 0.15) is 63.3 Å². The van der Waals surface area contributed by atoms with Gasteiger partial charge in [-0.25, -0.2) is 4.79 Å². The third kappa shape index (κ3) is 5.24. The summed E-state index contributed by atoms with van der Waals surface area (Å²) in [5.74, 6) is 0. The zero-order chi connectivity index (χ0) is 26.1. The van der Waals surface area contributed by atoms with Gasteiger partial charge in [0, 0.05) is 37.7 Å². The number of amides is 1. The molecule has 3 aromatic rings. The Morgan fingerprint density at radius 1 is 1.06 bits per heavy atom.